The van der Waals surface area contributed by atoms with Gasteiger partial charge in [0.2, 0.25) is 10.0 Å². The number of amides is 1. The number of rotatable bonds is 10. The Morgan fingerprint density at radius 1 is 1.15 bits per heavy atom. The van der Waals surface area contributed by atoms with E-state index in [1.165, 1.54) is 35.7 Å². The largest absolute Gasteiger partial charge is 0.361 e. The Labute approximate surface area is 200 Å². The van der Waals surface area contributed by atoms with Gasteiger partial charge in [0.1, 0.15) is 11.8 Å². The Balaban J connectivity index is 1.75. The molecule has 0 unspecified atom stereocenters. The summed E-state index contributed by atoms with van der Waals surface area (Å²) in [5.41, 5.74) is 2.23. The lowest BCUT2D eigenvalue weighted by molar-refractivity contribution is -0.131. The maximum Gasteiger partial charge on any atom is 0.262 e. The van der Waals surface area contributed by atoms with Gasteiger partial charge in [-0.25, -0.2) is 13.9 Å². The van der Waals surface area contributed by atoms with E-state index >= 15 is 0 Å². The molecule has 0 saturated carbocycles. The SMILES string of the molecule is Cc1cc(CSC(C)(C)[C@H](NS(=O)(=O)c2ccc(Sc3ccncc3)cc2)C(=O)NO)no1. The third kappa shape index (κ3) is 6.81. The normalized spacial score (nSPS) is 13.0. The van der Waals surface area contributed by atoms with Gasteiger partial charge in [-0.3, -0.25) is 15.0 Å². The Hall–Kier alpha value is -2.38. The second-order valence-corrected chi connectivity index (χ2v) is 12.1. The average Bonchev–Trinajstić information content (AvgIpc) is 3.22. The van der Waals surface area contributed by atoms with Crippen molar-refractivity contribution in [2.75, 3.05) is 0 Å². The van der Waals surface area contributed by atoms with Crippen molar-refractivity contribution in [1.82, 2.24) is 20.3 Å². The van der Waals surface area contributed by atoms with Crippen LogP contribution in [0.3, 0.4) is 0 Å². The molecule has 0 aliphatic carbocycles. The zero-order valence-corrected chi connectivity index (χ0v) is 20.6. The Morgan fingerprint density at radius 2 is 1.79 bits per heavy atom. The van der Waals surface area contributed by atoms with Crippen molar-refractivity contribution in [1.29, 1.82) is 0 Å². The maximum atomic E-state index is 13.0. The number of carbonyl (C=O) groups excluding carboxylic acids is 1. The van der Waals surface area contributed by atoms with Crippen molar-refractivity contribution >= 4 is 39.5 Å². The summed E-state index contributed by atoms with van der Waals surface area (Å²) < 4.78 is 32.6. The molecule has 0 saturated heterocycles. The van der Waals surface area contributed by atoms with Crippen LogP contribution in [0.1, 0.15) is 25.3 Å². The third-order valence-corrected chi connectivity index (χ3v) is 8.50. The predicted octanol–water partition coefficient (Wildman–Crippen LogP) is 3.39. The van der Waals surface area contributed by atoms with E-state index in [2.05, 4.69) is 14.9 Å². The fourth-order valence-electron chi connectivity index (χ4n) is 2.86. The van der Waals surface area contributed by atoms with Crippen molar-refractivity contribution < 1.29 is 22.9 Å². The minimum absolute atomic E-state index is 0.00486. The van der Waals surface area contributed by atoms with Crippen molar-refractivity contribution in [2.45, 2.75) is 52.0 Å². The number of hydrogen-bond donors (Lipinski definition) is 3. The molecule has 1 aromatic carbocycles. The summed E-state index contributed by atoms with van der Waals surface area (Å²) in [7, 11) is -4.05. The Kier molecular flexibility index (Phi) is 8.19. The van der Waals surface area contributed by atoms with E-state index in [0.717, 1.165) is 9.79 Å². The molecule has 33 heavy (non-hydrogen) atoms. The van der Waals surface area contributed by atoms with Crippen molar-refractivity contribution in [2.24, 2.45) is 0 Å². The molecule has 0 aliphatic heterocycles. The highest BCUT2D eigenvalue weighted by atomic mass is 32.2. The predicted molar refractivity (Wildman–Crippen MR) is 125 cm³/mol. The first-order chi connectivity index (χ1) is 15.6. The number of nitrogens with zero attached hydrogens (tertiary/aromatic N) is 2. The van der Waals surface area contributed by atoms with Gasteiger partial charge in [-0.2, -0.15) is 4.72 Å². The van der Waals surface area contributed by atoms with E-state index in [-0.39, 0.29) is 4.90 Å². The number of nitrogens with one attached hydrogen (secondary N) is 2. The van der Waals surface area contributed by atoms with Gasteiger partial charge >= 0.3 is 0 Å². The van der Waals surface area contributed by atoms with Crippen molar-refractivity contribution in [3.05, 3.63) is 66.3 Å². The lowest BCUT2D eigenvalue weighted by Crippen LogP contribution is -2.55. The van der Waals surface area contributed by atoms with Crippen LogP contribution in [-0.2, 0) is 20.6 Å². The van der Waals surface area contributed by atoms with Crippen LogP contribution in [0, 0.1) is 6.92 Å². The molecule has 0 aliphatic rings. The first kappa shape index (κ1) is 25.2. The van der Waals surface area contributed by atoms with Gasteiger partial charge in [0.25, 0.3) is 5.91 Å². The highest BCUT2D eigenvalue weighted by Crippen LogP contribution is 2.33. The summed E-state index contributed by atoms with van der Waals surface area (Å²) >= 11 is 2.78. The molecular formula is C21H24N4O5S3. The molecule has 3 N–H and O–H groups in total. The van der Waals surface area contributed by atoms with Gasteiger partial charge < -0.3 is 4.52 Å². The fourth-order valence-corrected chi connectivity index (χ4v) is 6.07. The zero-order chi connectivity index (χ0) is 24.1. The summed E-state index contributed by atoms with van der Waals surface area (Å²) in [6.45, 7) is 5.19. The highest BCUT2D eigenvalue weighted by Gasteiger charge is 2.39. The molecule has 3 rings (SSSR count). The Bertz CT molecular complexity index is 1180. The summed E-state index contributed by atoms with van der Waals surface area (Å²) in [6, 6.07) is 10.5. The molecule has 1 atom stereocenters. The van der Waals surface area contributed by atoms with Crippen LogP contribution in [0.25, 0.3) is 0 Å². The lowest BCUT2D eigenvalue weighted by atomic mass is 10.0. The number of hydroxylamine groups is 1. The van der Waals surface area contributed by atoms with Crippen LogP contribution in [0.2, 0.25) is 0 Å². The van der Waals surface area contributed by atoms with Gasteiger partial charge in [-0.1, -0.05) is 16.9 Å². The van der Waals surface area contributed by atoms with E-state index in [1.807, 2.05) is 12.1 Å². The minimum atomic E-state index is -4.05. The smallest absolute Gasteiger partial charge is 0.262 e. The monoisotopic (exact) mass is 508 g/mol. The number of benzene rings is 1. The van der Waals surface area contributed by atoms with E-state index in [0.29, 0.717) is 17.2 Å². The second kappa shape index (κ2) is 10.7. The molecule has 9 nitrogen and oxygen atoms in total. The van der Waals surface area contributed by atoms with E-state index in [9.17, 15) is 18.4 Å². The first-order valence-electron chi connectivity index (χ1n) is 9.81. The number of hydrogen-bond acceptors (Lipinski definition) is 9. The standard InChI is InChI=1S/C21H24N4O5S3/c1-14-12-15(24-30-14)13-31-21(2,3)19(20(26)23-27)25-33(28,29)18-6-4-16(5-7-18)32-17-8-10-22-11-9-17/h4-12,19,25,27H,13H2,1-3H3,(H,23,26)/t19-/m1/s1. The quantitative estimate of drug-likeness (QED) is 0.278. The van der Waals surface area contributed by atoms with Gasteiger partial charge in [0, 0.05) is 38.8 Å². The molecule has 0 bridgehead atoms. The number of sulfonamides is 1. The molecule has 2 aromatic heterocycles. The molecule has 3 aromatic rings. The number of aromatic nitrogens is 2. The van der Waals surface area contributed by atoms with E-state index < -0.39 is 26.7 Å². The van der Waals surface area contributed by atoms with Gasteiger partial charge in [-0.05, 0) is 57.2 Å². The summed E-state index contributed by atoms with van der Waals surface area (Å²) in [6.07, 6.45) is 3.36. The van der Waals surface area contributed by atoms with Crippen LogP contribution >= 0.6 is 23.5 Å². The molecule has 176 valence electrons. The van der Waals surface area contributed by atoms with Gasteiger partial charge in [0.05, 0.1) is 10.6 Å². The molecular weight excluding hydrogens is 484 g/mol. The van der Waals surface area contributed by atoms with Gasteiger partial charge in [0.15, 0.2) is 0 Å². The maximum absolute atomic E-state index is 13.0. The highest BCUT2D eigenvalue weighted by molar-refractivity contribution is 8.00. The molecule has 0 fully saturated rings. The minimum Gasteiger partial charge on any atom is -0.361 e. The van der Waals surface area contributed by atoms with E-state index in [4.69, 9.17) is 4.52 Å². The molecule has 1 amide bonds. The molecule has 0 radical (unpaired) electrons. The molecule has 12 heteroatoms. The van der Waals surface area contributed by atoms with Crippen LogP contribution < -0.4 is 10.2 Å². The molecule has 2 heterocycles. The number of pyridine rings is 1. The van der Waals surface area contributed by atoms with Crippen molar-refractivity contribution in [3.8, 4) is 0 Å². The number of thioether (sulfide) groups is 1. The van der Waals surface area contributed by atoms with Crippen LogP contribution in [0.4, 0.5) is 0 Å². The van der Waals surface area contributed by atoms with Crippen molar-refractivity contribution in [3.63, 3.8) is 0 Å². The second-order valence-electron chi connectivity index (χ2n) is 7.61. The third-order valence-electron chi connectivity index (χ3n) is 4.63. The van der Waals surface area contributed by atoms with Crippen LogP contribution in [-0.4, -0.2) is 40.5 Å². The topological polar surface area (TPSA) is 134 Å². The zero-order valence-electron chi connectivity index (χ0n) is 18.2. The number of carbonyl (C=O) groups is 1. The van der Waals surface area contributed by atoms with E-state index in [1.54, 1.807) is 56.8 Å². The first-order valence-corrected chi connectivity index (χ1v) is 13.1. The summed E-state index contributed by atoms with van der Waals surface area (Å²) in [5, 5.41) is 13.1. The lowest BCUT2D eigenvalue weighted by Gasteiger charge is -2.32. The summed E-state index contributed by atoms with van der Waals surface area (Å²) in [4.78, 5) is 18.2. The Morgan fingerprint density at radius 3 is 2.36 bits per heavy atom. The number of aryl methyl sites for hydroxylation is 1. The fraction of sp³-hybridized carbons (Fsp3) is 0.286. The van der Waals surface area contributed by atoms with Gasteiger partial charge in [-0.15, -0.1) is 11.8 Å². The van der Waals surface area contributed by atoms with Crippen LogP contribution in [0.15, 0.2) is 74.1 Å². The average molecular weight is 509 g/mol. The summed E-state index contributed by atoms with van der Waals surface area (Å²) in [5.74, 6) is 0.180. The van der Waals surface area contributed by atoms with Crippen LogP contribution in [0.5, 0.6) is 0 Å². The molecule has 0 spiro atoms.